The van der Waals surface area contributed by atoms with Crippen molar-refractivity contribution in [3.63, 3.8) is 0 Å². The molecule has 0 radical (unpaired) electrons. The van der Waals surface area contributed by atoms with E-state index in [-0.39, 0.29) is 17.6 Å². The van der Waals surface area contributed by atoms with E-state index in [9.17, 15) is 9.18 Å². The maximum Gasteiger partial charge on any atom is 0.227 e. The lowest BCUT2D eigenvalue weighted by atomic mass is 9.95. The molecule has 5 nitrogen and oxygen atoms in total. The highest BCUT2D eigenvalue weighted by atomic mass is 19.1. The fourth-order valence-electron chi connectivity index (χ4n) is 3.36. The summed E-state index contributed by atoms with van der Waals surface area (Å²) in [5.41, 5.74) is 1.33. The molecular weight excluding hydrogens is 347 g/mol. The van der Waals surface area contributed by atoms with Crippen molar-refractivity contribution in [2.45, 2.75) is 19.4 Å². The number of piperidine rings is 1. The Labute approximate surface area is 159 Å². The van der Waals surface area contributed by atoms with E-state index >= 15 is 0 Å². The van der Waals surface area contributed by atoms with Crippen LogP contribution in [-0.2, 0) is 11.3 Å². The summed E-state index contributed by atoms with van der Waals surface area (Å²) >= 11 is 0. The zero-order valence-corrected chi connectivity index (χ0v) is 15.7. The number of halogens is 1. The Bertz CT molecular complexity index is 789. The van der Waals surface area contributed by atoms with Gasteiger partial charge < -0.3 is 14.8 Å². The number of nitrogens with one attached hydrogen (secondary N) is 1. The standard InChI is InChI=1S/C21H25FN2O3/c1-26-17-7-8-19(20(13-17)27-2)23-21(25)15-9-11-24(12-10-15)14-16-5-3-4-6-18(16)22/h3-8,13,15H,9-12,14H2,1-2H3,(H,23,25). The van der Waals surface area contributed by atoms with Crippen LogP contribution in [0.15, 0.2) is 42.5 Å². The Balaban J connectivity index is 1.55. The van der Waals surface area contributed by atoms with Crippen molar-refractivity contribution < 1.29 is 18.7 Å². The number of nitrogens with zero attached hydrogens (tertiary/aromatic N) is 1. The minimum atomic E-state index is -0.177. The van der Waals surface area contributed by atoms with Crippen LogP contribution in [0.3, 0.4) is 0 Å². The van der Waals surface area contributed by atoms with Gasteiger partial charge >= 0.3 is 0 Å². The highest BCUT2D eigenvalue weighted by molar-refractivity contribution is 5.94. The number of carbonyl (C=O) groups is 1. The molecule has 1 aliphatic heterocycles. The number of carbonyl (C=O) groups excluding carboxylic acids is 1. The largest absolute Gasteiger partial charge is 0.497 e. The predicted octanol–water partition coefficient (Wildman–Crippen LogP) is 3.69. The van der Waals surface area contributed by atoms with Gasteiger partial charge in [-0.15, -0.1) is 0 Å². The number of hydrogen-bond donors (Lipinski definition) is 1. The normalized spacial score (nSPS) is 15.4. The van der Waals surface area contributed by atoms with Gasteiger partial charge in [0.1, 0.15) is 17.3 Å². The molecule has 0 saturated carbocycles. The maximum atomic E-state index is 13.8. The number of anilines is 1. The molecule has 144 valence electrons. The van der Waals surface area contributed by atoms with Crippen LogP contribution in [0.5, 0.6) is 11.5 Å². The van der Waals surface area contributed by atoms with Crippen molar-refractivity contribution in [2.75, 3.05) is 32.6 Å². The van der Waals surface area contributed by atoms with Crippen LogP contribution in [-0.4, -0.2) is 38.1 Å². The molecule has 3 rings (SSSR count). The third-order valence-corrected chi connectivity index (χ3v) is 4.98. The maximum absolute atomic E-state index is 13.8. The van der Waals surface area contributed by atoms with Gasteiger partial charge in [0.25, 0.3) is 0 Å². The van der Waals surface area contributed by atoms with Crippen LogP contribution in [0, 0.1) is 11.7 Å². The lowest BCUT2D eigenvalue weighted by molar-refractivity contribution is -0.121. The van der Waals surface area contributed by atoms with E-state index in [0.29, 0.717) is 29.3 Å². The third-order valence-electron chi connectivity index (χ3n) is 4.98. The molecule has 27 heavy (non-hydrogen) atoms. The minimum absolute atomic E-state index is 0.0102. The van der Waals surface area contributed by atoms with Crippen LogP contribution < -0.4 is 14.8 Å². The molecule has 1 N–H and O–H groups in total. The molecule has 2 aromatic carbocycles. The Kier molecular flexibility index (Phi) is 6.29. The Morgan fingerprint density at radius 2 is 1.89 bits per heavy atom. The molecule has 6 heteroatoms. The SMILES string of the molecule is COc1ccc(NC(=O)C2CCN(Cc3ccccc3F)CC2)c(OC)c1. The van der Waals surface area contributed by atoms with Gasteiger partial charge in [-0.2, -0.15) is 0 Å². The second-order valence-electron chi connectivity index (χ2n) is 6.70. The minimum Gasteiger partial charge on any atom is -0.497 e. The third kappa shape index (κ3) is 4.77. The van der Waals surface area contributed by atoms with Crippen molar-refractivity contribution in [3.8, 4) is 11.5 Å². The first-order valence-corrected chi connectivity index (χ1v) is 9.09. The summed E-state index contributed by atoms with van der Waals surface area (Å²) in [4.78, 5) is 14.8. The second-order valence-corrected chi connectivity index (χ2v) is 6.70. The first-order chi connectivity index (χ1) is 13.1. The zero-order valence-electron chi connectivity index (χ0n) is 15.7. The topological polar surface area (TPSA) is 50.8 Å². The lowest BCUT2D eigenvalue weighted by Crippen LogP contribution is -2.38. The fourth-order valence-corrected chi connectivity index (χ4v) is 3.36. The number of hydrogen-bond acceptors (Lipinski definition) is 4. The fraction of sp³-hybridized carbons (Fsp3) is 0.381. The summed E-state index contributed by atoms with van der Waals surface area (Å²) in [5.74, 6) is 0.993. The number of likely N-dealkylation sites (tertiary alicyclic amines) is 1. The van der Waals surface area contributed by atoms with Crippen LogP contribution in [0.25, 0.3) is 0 Å². The number of amides is 1. The van der Waals surface area contributed by atoms with E-state index < -0.39 is 0 Å². The van der Waals surface area contributed by atoms with E-state index in [1.807, 2.05) is 12.1 Å². The molecule has 0 spiro atoms. The summed E-state index contributed by atoms with van der Waals surface area (Å²) in [6.45, 7) is 2.12. The Hall–Kier alpha value is -2.60. The summed E-state index contributed by atoms with van der Waals surface area (Å²) in [5, 5.41) is 2.96. The molecule has 0 aromatic heterocycles. The van der Waals surface area contributed by atoms with E-state index in [2.05, 4.69) is 10.2 Å². The van der Waals surface area contributed by atoms with E-state index in [4.69, 9.17) is 9.47 Å². The van der Waals surface area contributed by atoms with Crippen molar-refractivity contribution in [1.29, 1.82) is 0 Å². The number of benzene rings is 2. The molecule has 1 heterocycles. The summed E-state index contributed by atoms with van der Waals surface area (Å²) in [7, 11) is 3.15. The van der Waals surface area contributed by atoms with Crippen LogP contribution in [0.4, 0.5) is 10.1 Å². The Morgan fingerprint density at radius 3 is 2.56 bits per heavy atom. The molecule has 0 bridgehead atoms. The number of methoxy groups -OCH3 is 2. The molecule has 0 unspecified atom stereocenters. The van der Waals surface area contributed by atoms with Crippen LogP contribution in [0.1, 0.15) is 18.4 Å². The molecule has 2 aromatic rings. The highest BCUT2D eigenvalue weighted by Crippen LogP contribution is 2.30. The molecule has 0 aliphatic carbocycles. The zero-order chi connectivity index (χ0) is 19.2. The quantitative estimate of drug-likeness (QED) is 0.840. The van der Waals surface area contributed by atoms with Crippen molar-refractivity contribution in [2.24, 2.45) is 5.92 Å². The van der Waals surface area contributed by atoms with Gasteiger partial charge in [-0.25, -0.2) is 4.39 Å². The smallest absolute Gasteiger partial charge is 0.227 e. The molecule has 0 atom stereocenters. The van der Waals surface area contributed by atoms with E-state index in [1.54, 1.807) is 38.5 Å². The summed E-state index contributed by atoms with van der Waals surface area (Å²) < 4.78 is 24.3. The summed E-state index contributed by atoms with van der Waals surface area (Å²) in [6.07, 6.45) is 1.50. The van der Waals surface area contributed by atoms with E-state index in [0.717, 1.165) is 25.9 Å². The molecule has 1 amide bonds. The lowest BCUT2D eigenvalue weighted by Gasteiger charge is -2.31. The average Bonchev–Trinajstić information content (AvgIpc) is 2.70. The van der Waals surface area contributed by atoms with Gasteiger partial charge in [-0.3, -0.25) is 9.69 Å². The number of ether oxygens (including phenoxy) is 2. The molecule has 1 fully saturated rings. The molecular formula is C21H25FN2O3. The van der Waals surface area contributed by atoms with Crippen LogP contribution >= 0.6 is 0 Å². The van der Waals surface area contributed by atoms with Gasteiger partial charge in [0, 0.05) is 24.1 Å². The summed E-state index contributed by atoms with van der Waals surface area (Å²) in [6, 6.07) is 12.1. The Morgan fingerprint density at radius 1 is 1.15 bits per heavy atom. The van der Waals surface area contributed by atoms with Gasteiger partial charge in [-0.05, 0) is 44.1 Å². The second kappa shape index (κ2) is 8.86. The average molecular weight is 372 g/mol. The first-order valence-electron chi connectivity index (χ1n) is 9.09. The van der Waals surface area contributed by atoms with Gasteiger partial charge in [0.2, 0.25) is 5.91 Å². The van der Waals surface area contributed by atoms with Gasteiger partial charge in [0.05, 0.1) is 19.9 Å². The molecule has 1 saturated heterocycles. The van der Waals surface area contributed by atoms with Gasteiger partial charge in [0.15, 0.2) is 0 Å². The molecule has 1 aliphatic rings. The van der Waals surface area contributed by atoms with Gasteiger partial charge in [-0.1, -0.05) is 18.2 Å². The van der Waals surface area contributed by atoms with E-state index in [1.165, 1.54) is 6.07 Å². The monoisotopic (exact) mass is 372 g/mol. The van der Waals surface area contributed by atoms with Crippen LogP contribution in [0.2, 0.25) is 0 Å². The van der Waals surface area contributed by atoms with Crippen molar-refractivity contribution in [3.05, 3.63) is 53.8 Å². The predicted molar refractivity (Wildman–Crippen MR) is 103 cm³/mol. The van der Waals surface area contributed by atoms with Crippen molar-refractivity contribution >= 4 is 11.6 Å². The number of rotatable bonds is 6. The highest BCUT2D eigenvalue weighted by Gasteiger charge is 2.26. The van der Waals surface area contributed by atoms with Crippen molar-refractivity contribution in [1.82, 2.24) is 4.90 Å². The first kappa shape index (κ1) is 19.2.